The van der Waals surface area contributed by atoms with Crippen LogP contribution in [0.2, 0.25) is 0 Å². The summed E-state index contributed by atoms with van der Waals surface area (Å²) in [7, 11) is 0. The van der Waals surface area contributed by atoms with Crippen LogP contribution >= 0.6 is 0 Å². The van der Waals surface area contributed by atoms with Crippen LogP contribution in [0.5, 0.6) is 0 Å². The van der Waals surface area contributed by atoms with Crippen LogP contribution in [0.25, 0.3) is 0 Å². The number of rotatable bonds is 1. The summed E-state index contributed by atoms with van der Waals surface area (Å²) in [4.78, 5) is 23.2. The van der Waals surface area contributed by atoms with E-state index in [0.29, 0.717) is 25.7 Å². The van der Waals surface area contributed by atoms with Gasteiger partial charge in [-0.25, -0.2) is 0 Å². The van der Waals surface area contributed by atoms with E-state index in [1.54, 1.807) is 0 Å². The fraction of sp³-hybridized carbons (Fsp3) is 0.800. The van der Waals surface area contributed by atoms with Gasteiger partial charge in [0, 0.05) is 5.92 Å². The van der Waals surface area contributed by atoms with Crippen LogP contribution in [0, 0.1) is 11.3 Å². The number of aliphatic hydroxyl groups excluding tert-OH is 1. The SMILES string of the molecule is CC(=O)[C@]12CC[C@H](C1=O)[C@@H](O)CC2. The summed E-state index contributed by atoms with van der Waals surface area (Å²) in [6.07, 6.45) is 2.01. The Morgan fingerprint density at radius 1 is 1.46 bits per heavy atom. The van der Waals surface area contributed by atoms with Crippen LogP contribution < -0.4 is 0 Å². The van der Waals surface area contributed by atoms with Crippen LogP contribution in [0.3, 0.4) is 0 Å². The lowest BCUT2D eigenvalue weighted by Gasteiger charge is -2.31. The van der Waals surface area contributed by atoms with Crippen molar-refractivity contribution in [3.05, 3.63) is 0 Å². The first-order valence-electron chi connectivity index (χ1n) is 4.81. The van der Waals surface area contributed by atoms with Gasteiger partial charge in [-0.2, -0.15) is 0 Å². The largest absolute Gasteiger partial charge is 0.392 e. The molecule has 0 spiro atoms. The monoisotopic (exact) mass is 182 g/mol. The molecule has 13 heavy (non-hydrogen) atoms. The molecule has 0 aromatic heterocycles. The Morgan fingerprint density at radius 3 is 2.69 bits per heavy atom. The number of carbonyl (C=O) groups excluding carboxylic acids is 2. The molecule has 3 nitrogen and oxygen atoms in total. The summed E-state index contributed by atoms with van der Waals surface area (Å²) in [5.74, 6) is -0.261. The molecule has 0 radical (unpaired) electrons. The summed E-state index contributed by atoms with van der Waals surface area (Å²) >= 11 is 0. The van der Waals surface area contributed by atoms with Crippen molar-refractivity contribution >= 4 is 11.6 Å². The van der Waals surface area contributed by atoms with E-state index in [4.69, 9.17) is 0 Å². The van der Waals surface area contributed by atoms with E-state index in [-0.39, 0.29) is 17.5 Å². The van der Waals surface area contributed by atoms with Gasteiger partial charge >= 0.3 is 0 Å². The number of hydrogen-bond donors (Lipinski definition) is 1. The molecule has 2 fully saturated rings. The molecule has 2 bridgehead atoms. The molecule has 2 saturated carbocycles. The Hall–Kier alpha value is -0.700. The predicted molar refractivity (Wildman–Crippen MR) is 46.1 cm³/mol. The third-order valence-corrected chi connectivity index (χ3v) is 3.70. The molecule has 2 aliphatic rings. The highest BCUT2D eigenvalue weighted by atomic mass is 16.3. The Morgan fingerprint density at radius 2 is 2.08 bits per heavy atom. The zero-order valence-corrected chi connectivity index (χ0v) is 7.75. The van der Waals surface area contributed by atoms with E-state index in [1.807, 2.05) is 0 Å². The van der Waals surface area contributed by atoms with Crippen LogP contribution in [-0.2, 0) is 9.59 Å². The van der Waals surface area contributed by atoms with E-state index in [1.165, 1.54) is 6.92 Å². The molecule has 3 atom stereocenters. The van der Waals surface area contributed by atoms with Crippen molar-refractivity contribution < 1.29 is 14.7 Å². The molecule has 2 aliphatic carbocycles. The summed E-state index contributed by atoms with van der Waals surface area (Å²) in [5.41, 5.74) is -0.704. The van der Waals surface area contributed by atoms with Crippen molar-refractivity contribution in [2.45, 2.75) is 38.7 Å². The maximum atomic E-state index is 11.8. The molecule has 0 unspecified atom stereocenters. The lowest BCUT2D eigenvalue weighted by Crippen LogP contribution is -2.43. The average Bonchev–Trinajstić information content (AvgIpc) is 2.28. The minimum Gasteiger partial charge on any atom is -0.392 e. The molecule has 0 aromatic rings. The molecule has 0 saturated heterocycles. The molecule has 2 rings (SSSR count). The second-order valence-electron chi connectivity index (χ2n) is 4.25. The van der Waals surface area contributed by atoms with Gasteiger partial charge in [0.15, 0.2) is 5.78 Å². The molecule has 72 valence electrons. The van der Waals surface area contributed by atoms with Gasteiger partial charge in [0.25, 0.3) is 0 Å². The fourth-order valence-electron chi connectivity index (χ4n) is 2.75. The molecular weight excluding hydrogens is 168 g/mol. The summed E-state index contributed by atoms with van der Waals surface area (Å²) in [6.45, 7) is 1.50. The van der Waals surface area contributed by atoms with E-state index in [2.05, 4.69) is 0 Å². The summed E-state index contributed by atoms with van der Waals surface area (Å²) < 4.78 is 0. The van der Waals surface area contributed by atoms with Gasteiger partial charge < -0.3 is 5.11 Å². The standard InChI is InChI=1S/C10H14O3/c1-6(11)10-4-2-7(9(10)13)8(12)3-5-10/h7-8,12H,2-5H2,1H3/t7-,8-,10+/m0/s1. The molecule has 0 amide bonds. The molecular formula is C10H14O3. The number of Topliss-reactive ketones (excluding diaryl/α,β-unsaturated/α-hetero) is 2. The smallest absolute Gasteiger partial charge is 0.152 e. The van der Waals surface area contributed by atoms with Crippen LogP contribution in [-0.4, -0.2) is 22.8 Å². The van der Waals surface area contributed by atoms with Crippen molar-refractivity contribution in [2.24, 2.45) is 11.3 Å². The van der Waals surface area contributed by atoms with Crippen molar-refractivity contribution in [1.82, 2.24) is 0 Å². The first-order valence-corrected chi connectivity index (χ1v) is 4.81. The third kappa shape index (κ3) is 0.998. The van der Waals surface area contributed by atoms with Gasteiger partial charge in [-0.05, 0) is 32.6 Å². The molecule has 1 N–H and O–H groups in total. The van der Waals surface area contributed by atoms with E-state index in [9.17, 15) is 14.7 Å². The Bertz CT molecular complexity index is 271. The number of ketones is 2. The van der Waals surface area contributed by atoms with Gasteiger partial charge in [-0.15, -0.1) is 0 Å². The first kappa shape index (κ1) is 8.88. The highest BCUT2D eigenvalue weighted by Crippen LogP contribution is 2.49. The van der Waals surface area contributed by atoms with Gasteiger partial charge in [0.1, 0.15) is 5.78 Å². The third-order valence-electron chi connectivity index (χ3n) is 3.70. The predicted octanol–water partition coefficient (Wildman–Crippen LogP) is 0.696. The molecule has 0 aliphatic heterocycles. The number of hydrogen-bond acceptors (Lipinski definition) is 3. The van der Waals surface area contributed by atoms with Gasteiger partial charge in [0.05, 0.1) is 11.5 Å². The second-order valence-corrected chi connectivity index (χ2v) is 4.25. The highest BCUT2D eigenvalue weighted by molar-refractivity contribution is 6.09. The maximum absolute atomic E-state index is 11.8. The topological polar surface area (TPSA) is 54.4 Å². The minimum absolute atomic E-state index is 0.00116. The zero-order chi connectivity index (χ0) is 9.64. The van der Waals surface area contributed by atoms with E-state index >= 15 is 0 Å². The normalized spacial score (nSPS) is 43.7. The Kier molecular flexibility index (Phi) is 1.80. The van der Waals surface area contributed by atoms with Gasteiger partial charge in [0.2, 0.25) is 0 Å². The maximum Gasteiger partial charge on any atom is 0.152 e. The zero-order valence-electron chi connectivity index (χ0n) is 7.75. The van der Waals surface area contributed by atoms with Crippen molar-refractivity contribution in [3.63, 3.8) is 0 Å². The van der Waals surface area contributed by atoms with Gasteiger partial charge in [-0.3, -0.25) is 9.59 Å². The van der Waals surface area contributed by atoms with E-state index < -0.39 is 11.5 Å². The van der Waals surface area contributed by atoms with Crippen molar-refractivity contribution in [3.8, 4) is 0 Å². The lowest BCUT2D eigenvalue weighted by molar-refractivity contribution is -0.144. The average molecular weight is 182 g/mol. The van der Waals surface area contributed by atoms with Crippen molar-refractivity contribution in [2.75, 3.05) is 0 Å². The molecule has 3 heteroatoms. The lowest BCUT2D eigenvalue weighted by atomic mass is 9.71. The first-order chi connectivity index (χ1) is 6.08. The fourth-order valence-corrected chi connectivity index (χ4v) is 2.75. The number of aliphatic hydroxyl groups is 1. The van der Waals surface area contributed by atoms with Crippen molar-refractivity contribution in [1.29, 1.82) is 0 Å². The Balaban J connectivity index is 2.35. The van der Waals surface area contributed by atoms with Gasteiger partial charge in [-0.1, -0.05) is 0 Å². The highest BCUT2D eigenvalue weighted by Gasteiger charge is 2.55. The minimum atomic E-state index is -0.704. The van der Waals surface area contributed by atoms with Crippen LogP contribution in [0.15, 0.2) is 0 Å². The Labute approximate surface area is 77.1 Å². The summed E-state index contributed by atoms with van der Waals surface area (Å²) in [5, 5.41) is 9.53. The quantitative estimate of drug-likeness (QED) is 0.607. The molecule has 0 aromatic carbocycles. The van der Waals surface area contributed by atoms with Crippen LogP contribution in [0.1, 0.15) is 32.6 Å². The summed E-state index contributed by atoms with van der Waals surface area (Å²) in [6, 6.07) is 0. The number of fused-ring (bicyclic) bond motifs is 2. The number of carbonyl (C=O) groups is 2. The second kappa shape index (κ2) is 2.64. The van der Waals surface area contributed by atoms with E-state index in [0.717, 1.165) is 0 Å². The van der Waals surface area contributed by atoms with Crippen LogP contribution in [0.4, 0.5) is 0 Å². The molecule has 0 heterocycles.